The van der Waals surface area contributed by atoms with Gasteiger partial charge in [0.1, 0.15) is 5.75 Å². The largest absolute Gasteiger partial charge is 0.497 e. The fourth-order valence-electron chi connectivity index (χ4n) is 3.73. The smallest absolute Gasteiger partial charge is 0.118 e. The number of rotatable bonds is 4. The normalized spacial score (nSPS) is 29.3. The number of piperidine rings is 1. The molecule has 0 aliphatic carbocycles. The summed E-state index contributed by atoms with van der Waals surface area (Å²) in [7, 11) is 3.86. The topological polar surface area (TPSA) is 32.7 Å². The fourth-order valence-corrected chi connectivity index (χ4v) is 3.73. The summed E-state index contributed by atoms with van der Waals surface area (Å²) in [6.07, 6.45) is 2.62. The Balaban J connectivity index is 2.22. The average Bonchev–Trinajstić information content (AvgIpc) is 2.48. The molecule has 1 aromatic carbocycles. The Bertz CT molecular complexity index is 469. The molecule has 118 valence electrons. The third kappa shape index (κ3) is 2.95. The molecule has 2 unspecified atom stereocenters. The van der Waals surface area contributed by atoms with E-state index in [1.807, 2.05) is 12.1 Å². The van der Waals surface area contributed by atoms with Crippen LogP contribution >= 0.6 is 0 Å². The fraction of sp³-hybridized carbons (Fsp3) is 0.667. The second kappa shape index (κ2) is 5.98. The number of ether oxygens (including phenoxy) is 1. The van der Waals surface area contributed by atoms with Gasteiger partial charge < -0.3 is 14.7 Å². The highest BCUT2D eigenvalue weighted by Crippen LogP contribution is 2.45. The number of methoxy groups -OCH3 is 1. The third-order valence-electron chi connectivity index (χ3n) is 5.62. The predicted octanol–water partition coefficient (Wildman–Crippen LogP) is 3.11. The number of hydrogen-bond donors (Lipinski definition) is 1. The van der Waals surface area contributed by atoms with Crippen LogP contribution in [0.25, 0.3) is 0 Å². The lowest BCUT2D eigenvalue weighted by atomic mass is 9.63. The Hall–Kier alpha value is -1.06. The lowest BCUT2D eigenvalue weighted by Crippen LogP contribution is -2.62. The zero-order chi connectivity index (χ0) is 15.7. The second-order valence-corrected chi connectivity index (χ2v) is 6.91. The van der Waals surface area contributed by atoms with Gasteiger partial charge in [0.05, 0.1) is 12.7 Å². The van der Waals surface area contributed by atoms with Crippen molar-refractivity contribution >= 4 is 0 Å². The molecule has 0 spiro atoms. The summed E-state index contributed by atoms with van der Waals surface area (Å²) in [5, 5.41) is 11.0. The number of aliphatic hydroxyl groups is 1. The van der Waals surface area contributed by atoms with E-state index in [0.717, 1.165) is 31.6 Å². The van der Waals surface area contributed by atoms with Gasteiger partial charge in [-0.05, 0) is 44.0 Å². The second-order valence-electron chi connectivity index (χ2n) is 6.91. The van der Waals surface area contributed by atoms with Crippen LogP contribution in [0.15, 0.2) is 24.3 Å². The molecule has 2 rings (SSSR count). The van der Waals surface area contributed by atoms with Gasteiger partial charge in [-0.25, -0.2) is 0 Å². The van der Waals surface area contributed by atoms with Crippen molar-refractivity contribution in [1.29, 1.82) is 0 Å². The molecule has 1 N–H and O–H groups in total. The van der Waals surface area contributed by atoms with E-state index in [1.54, 1.807) is 7.11 Å². The molecule has 0 bridgehead atoms. The van der Waals surface area contributed by atoms with Gasteiger partial charge >= 0.3 is 0 Å². The minimum absolute atomic E-state index is 0.130. The molecule has 3 heteroatoms. The molecule has 1 fully saturated rings. The van der Waals surface area contributed by atoms with E-state index in [4.69, 9.17) is 4.74 Å². The van der Waals surface area contributed by atoms with Gasteiger partial charge in [0, 0.05) is 18.0 Å². The summed E-state index contributed by atoms with van der Waals surface area (Å²) in [6.45, 7) is 7.47. The van der Waals surface area contributed by atoms with E-state index in [-0.39, 0.29) is 5.41 Å². The lowest BCUT2D eigenvalue weighted by molar-refractivity contribution is -0.145. The van der Waals surface area contributed by atoms with E-state index in [9.17, 15) is 5.11 Å². The number of likely N-dealkylation sites (tertiary alicyclic amines) is 1. The zero-order valence-corrected chi connectivity index (χ0v) is 14.0. The van der Waals surface area contributed by atoms with Crippen LogP contribution in [0.2, 0.25) is 0 Å². The van der Waals surface area contributed by atoms with Crippen LogP contribution in [0, 0.1) is 5.41 Å². The molecule has 1 heterocycles. The first-order chi connectivity index (χ1) is 9.84. The number of hydrogen-bond acceptors (Lipinski definition) is 3. The van der Waals surface area contributed by atoms with Crippen molar-refractivity contribution in [2.75, 3.05) is 20.7 Å². The molecule has 3 nitrogen and oxygen atoms in total. The molecule has 0 aromatic heterocycles. The number of likely N-dealkylation sites (N-methyl/N-ethyl adjacent to an activating group) is 1. The molecule has 0 amide bonds. The monoisotopic (exact) mass is 291 g/mol. The molecular formula is C18H29NO2. The van der Waals surface area contributed by atoms with Crippen molar-refractivity contribution in [3.8, 4) is 5.75 Å². The van der Waals surface area contributed by atoms with Gasteiger partial charge in [0.2, 0.25) is 0 Å². The maximum Gasteiger partial charge on any atom is 0.118 e. The van der Waals surface area contributed by atoms with Crippen LogP contribution < -0.4 is 4.74 Å². The number of benzene rings is 1. The Labute approximate surface area is 128 Å². The van der Waals surface area contributed by atoms with Crippen LogP contribution in [0.4, 0.5) is 0 Å². The van der Waals surface area contributed by atoms with Crippen LogP contribution in [0.3, 0.4) is 0 Å². The summed E-state index contributed by atoms with van der Waals surface area (Å²) >= 11 is 0. The maximum atomic E-state index is 11.0. The van der Waals surface area contributed by atoms with Gasteiger partial charge in [-0.2, -0.15) is 0 Å². The molecule has 0 radical (unpaired) electrons. The summed E-state index contributed by atoms with van der Waals surface area (Å²) in [5.74, 6) is 0.889. The molecular weight excluding hydrogens is 262 g/mol. The summed E-state index contributed by atoms with van der Waals surface area (Å²) in [4.78, 5) is 2.40. The molecule has 0 saturated carbocycles. The molecule has 1 aliphatic rings. The van der Waals surface area contributed by atoms with E-state index in [1.165, 1.54) is 5.56 Å². The van der Waals surface area contributed by atoms with Gasteiger partial charge in [0.25, 0.3) is 0 Å². The van der Waals surface area contributed by atoms with Gasteiger partial charge in [-0.1, -0.05) is 32.9 Å². The zero-order valence-electron chi connectivity index (χ0n) is 14.0. The minimum atomic E-state index is -0.573. The molecule has 2 atom stereocenters. The first-order valence-electron chi connectivity index (χ1n) is 7.89. The molecule has 1 aliphatic heterocycles. The minimum Gasteiger partial charge on any atom is -0.497 e. The van der Waals surface area contributed by atoms with Crippen LogP contribution in [0.5, 0.6) is 5.75 Å². The third-order valence-corrected chi connectivity index (χ3v) is 5.62. The van der Waals surface area contributed by atoms with Crippen LogP contribution in [-0.2, 0) is 6.42 Å². The Morgan fingerprint density at radius 3 is 2.43 bits per heavy atom. The molecule has 1 aromatic rings. The average molecular weight is 291 g/mol. The standard InChI is InChI=1S/C18H29NO2/c1-6-18(20)11-12-19(4)16(17(18,2)3)13-14-7-9-15(21-5)10-8-14/h7-10,16,20H,6,11-13H2,1-5H3. The first-order valence-corrected chi connectivity index (χ1v) is 7.89. The van der Waals surface area contributed by atoms with Gasteiger partial charge in [-0.15, -0.1) is 0 Å². The Kier molecular flexibility index (Phi) is 4.64. The SMILES string of the molecule is CCC1(O)CCN(C)C(Cc2ccc(OC)cc2)C1(C)C. The quantitative estimate of drug-likeness (QED) is 0.925. The van der Waals surface area contributed by atoms with Crippen LogP contribution in [-0.4, -0.2) is 42.4 Å². The highest BCUT2D eigenvalue weighted by atomic mass is 16.5. The van der Waals surface area contributed by atoms with Crippen molar-refractivity contribution in [3.05, 3.63) is 29.8 Å². The first kappa shape index (κ1) is 16.3. The molecule has 1 saturated heterocycles. The molecule has 21 heavy (non-hydrogen) atoms. The van der Waals surface area contributed by atoms with Gasteiger partial charge in [0.15, 0.2) is 0 Å². The predicted molar refractivity (Wildman–Crippen MR) is 86.8 cm³/mol. The highest BCUT2D eigenvalue weighted by Gasteiger charge is 2.51. The maximum absolute atomic E-state index is 11.0. The van der Waals surface area contributed by atoms with Crippen molar-refractivity contribution in [1.82, 2.24) is 4.90 Å². The van der Waals surface area contributed by atoms with Crippen molar-refractivity contribution < 1.29 is 9.84 Å². The Morgan fingerprint density at radius 1 is 1.29 bits per heavy atom. The van der Waals surface area contributed by atoms with Crippen LogP contribution in [0.1, 0.15) is 39.2 Å². The van der Waals surface area contributed by atoms with E-state index >= 15 is 0 Å². The lowest BCUT2D eigenvalue weighted by Gasteiger charge is -2.55. The van der Waals surface area contributed by atoms with E-state index in [2.05, 4.69) is 44.9 Å². The number of nitrogens with zero attached hydrogens (tertiary/aromatic N) is 1. The summed E-state index contributed by atoms with van der Waals surface area (Å²) in [5.41, 5.74) is 0.590. The van der Waals surface area contributed by atoms with Gasteiger partial charge in [-0.3, -0.25) is 0 Å². The summed E-state index contributed by atoms with van der Waals surface area (Å²) < 4.78 is 5.22. The van der Waals surface area contributed by atoms with Crippen molar-refractivity contribution in [3.63, 3.8) is 0 Å². The van der Waals surface area contributed by atoms with Crippen molar-refractivity contribution in [2.24, 2.45) is 5.41 Å². The summed E-state index contributed by atoms with van der Waals surface area (Å²) in [6, 6.07) is 8.61. The highest BCUT2D eigenvalue weighted by molar-refractivity contribution is 5.28. The van der Waals surface area contributed by atoms with Crippen molar-refractivity contribution in [2.45, 2.75) is 51.7 Å². The Morgan fingerprint density at radius 2 is 1.90 bits per heavy atom. The van der Waals surface area contributed by atoms with E-state index < -0.39 is 5.60 Å². The van der Waals surface area contributed by atoms with E-state index in [0.29, 0.717) is 6.04 Å².